The van der Waals surface area contributed by atoms with E-state index in [9.17, 15) is 4.79 Å². The number of carbonyl (C=O) groups is 1. The van der Waals surface area contributed by atoms with Gasteiger partial charge in [0, 0.05) is 11.6 Å². The second kappa shape index (κ2) is 2.41. The molecule has 0 bridgehead atoms. The number of rotatable bonds is 1. The van der Waals surface area contributed by atoms with E-state index in [2.05, 4.69) is 14.7 Å². The van der Waals surface area contributed by atoms with E-state index < -0.39 is 0 Å². The van der Waals surface area contributed by atoms with Crippen LogP contribution in [0, 0.1) is 0 Å². The summed E-state index contributed by atoms with van der Waals surface area (Å²) in [4.78, 5) is 16.9. The molecule has 0 aromatic carbocycles. The van der Waals surface area contributed by atoms with E-state index in [1.165, 1.54) is 7.11 Å². The molecule has 0 unspecified atom stereocenters. The second-order valence-electron chi connectivity index (χ2n) is 2.48. The first-order chi connectivity index (χ1) is 5.81. The van der Waals surface area contributed by atoms with Crippen molar-refractivity contribution >= 4 is 17.0 Å². The second-order valence-corrected chi connectivity index (χ2v) is 2.48. The number of aromatic nitrogens is 2. The molecule has 4 nitrogen and oxygen atoms in total. The fourth-order valence-electron chi connectivity index (χ4n) is 1.16. The Kier molecular flexibility index (Phi) is 1.40. The number of ether oxygens (including phenoxy) is 1. The zero-order chi connectivity index (χ0) is 8.55. The Morgan fingerprint density at radius 2 is 2.42 bits per heavy atom. The molecule has 4 heteroatoms. The first-order valence-corrected chi connectivity index (χ1v) is 3.55. The van der Waals surface area contributed by atoms with Crippen molar-refractivity contribution in [2.75, 3.05) is 7.11 Å². The van der Waals surface area contributed by atoms with E-state index in [0.29, 0.717) is 5.69 Å². The van der Waals surface area contributed by atoms with E-state index in [-0.39, 0.29) is 5.97 Å². The van der Waals surface area contributed by atoms with E-state index in [0.717, 1.165) is 11.0 Å². The number of methoxy groups -OCH3 is 1. The van der Waals surface area contributed by atoms with Gasteiger partial charge in [-0.3, -0.25) is 0 Å². The molecule has 2 aromatic heterocycles. The Hall–Kier alpha value is -1.71. The van der Waals surface area contributed by atoms with Gasteiger partial charge in [-0.1, -0.05) is 0 Å². The summed E-state index contributed by atoms with van der Waals surface area (Å²) in [5.74, 6) is -0.348. The molecular weight excluding hydrogens is 156 g/mol. The molecule has 0 saturated heterocycles. The van der Waals surface area contributed by atoms with Gasteiger partial charge in [-0.2, -0.15) is 0 Å². The molecule has 0 fully saturated rings. The van der Waals surface area contributed by atoms with Gasteiger partial charge in [0.15, 0.2) is 0 Å². The Balaban J connectivity index is 2.51. The number of esters is 1. The summed E-state index contributed by atoms with van der Waals surface area (Å²) < 4.78 is 4.55. The molecule has 0 spiro atoms. The maximum atomic E-state index is 11.0. The van der Waals surface area contributed by atoms with Crippen LogP contribution in [0.3, 0.4) is 0 Å². The van der Waals surface area contributed by atoms with Crippen LogP contribution in [0.15, 0.2) is 18.3 Å². The van der Waals surface area contributed by atoms with E-state index in [1.807, 2.05) is 12.3 Å². The minimum absolute atomic E-state index is 0.348. The summed E-state index contributed by atoms with van der Waals surface area (Å²) in [5.41, 5.74) is 1.31. The van der Waals surface area contributed by atoms with Crippen molar-refractivity contribution in [1.82, 2.24) is 9.97 Å². The summed E-state index contributed by atoms with van der Waals surface area (Å²) in [6.07, 6.45) is 1.81. The molecule has 0 aliphatic heterocycles. The predicted octanol–water partition coefficient (Wildman–Crippen LogP) is 1.28. The molecule has 62 valence electrons. The van der Waals surface area contributed by atoms with Gasteiger partial charge in [0.25, 0.3) is 0 Å². The van der Waals surface area contributed by atoms with Crippen LogP contribution in [0.25, 0.3) is 11.0 Å². The maximum absolute atomic E-state index is 11.0. The van der Waals surface area contributed by atoms with Crippen LogP contribution < -0.4 is 0 Å². The molecule has 0 aliphatic carbocycles. The van der Waals surface area contributed by atoms with Gasteiger partial charge in [0.05, 0.1) is 7.11 Å². The number of fused-ring (bicyclic) bond motifs is 1. The Labute approximate surface area is 68.5 Å². The van der Waals surface area contributed by atoms with Gasteiger partial charge >= 0.3 is 5.97 Å². The normalized spacial score (nSPS) is 10.4. The molecule has 0 saturated carbocycles. The van der Waals surface area contributed by atoms with E-state index in [4.69, 9.17) is 0 Å². The number of hydrogen-bond donors (Lipinski definition) is 2. The summed E-state index contributed by atoms with van der Waals surface area (Å²) in [6.45, 7) is 0. The summed E-state index contributed by atoms with van der Waals surface area (Å²) in [5, 5.41) is 0.982. The van der Waals surface area contributed by atoms with Crippen LogP contribution in [0.1, 0.15) is 10.5 Å². The number of carbonyl (C=O) groups excluding carboxylic acids is 1. The van der Waals surface area contributed by atoms with E-state index in [1.54, 1.807) is 6.07 Å². The lowest BCUT2D eigenvalue weighted by molar-refractivity contribution is 0.0595. The van der Waals surface area contributed by atoms with Crippen LogP contribution in [0.2, 0.25) is 0 Å². The molecule has 0 radical (unpaired) electrons. The van der Waals surface area contributed by atoms with Gasteiger partial charge in [-0.25, -0.2) is 4.79 Å². The fraction of sp³-hybridized carbons (Fsp3) is 0.125. The standard InChI is InChI=1S/C8H8N2O2/c1-12-8(11)6-4-5-2-3-9-7(5)10-6/h2-4,9-10H,1H3. The molecule has 2 N–H and O–H groups in total. The number of nitrogens with one attached hydrogen (secondary N) is 2. The lowest BCUT2D eigenvalue weighted by Crippen LogP contribution is -2.00. The first kappa shape index (κ1) is 6.97. The first-order valence-electron chi connectivity index (χ1n) is 3.55. The SMILES string of the molecule is COC(=O)c1cc2cc[nH]c2[nH]1. The van der Waals surface area contributed by atoms with Crippen LogP contribution in [-0.2, 0) is 4.74 Å². The van der Waals surface area contributed by atoms with Crippen molar-refractivity contribution < 1.29 is 9.53 Å². The molecule has 12 heavy (non-hydrogen) atoms. The molecular formula is C8H8N2O2. The van der Waals surface area contributed by atoms with Crippen LogP contribution in [0.4, 0.5) is 0 Å². The maximum Gasteiger partial charge on any atom is 0.354 e. The molecule has 2 rings (SSSR count). The van der Waals surface area contributed by atoms with Gasteiger partial charge in [-0.05, 0) is 12.1 Å². The number of hydrogen-bond acceptors (Lipinski definition) is 2. The highest BCUT2D eigenvalue weighted by molar-refractivity contribution is 5.93. The predicted molar refractivity (Wildman–Crippen MR) is 44.0 cm³/mol. The average Bonchev–Trinajstić information content (AvgIpc) is 2.60. The highest BCUT2D eigenvalue weighted by Gasteiger charge is 2.08. The number of aromatic amines is 2. The molecule has 0 aliphatic rings. The highest BCUT2D eigenvalue weighted by Crippen LogP contribution is 2.13. The van der Waals surface area contributed by atoms with Crippen LogP contribution in [-0.4, -0.2) is 23.0 Å². The lowest BCUT2D eigenvalue weighted by atomic mass is 10.4. The third kappa shape index (κ3) is 0.887. The smallest absolute Gasteiger partial charge is 0.354 e. The zero-order valence-electron chi connectivity index (χ0n) is 6.55. The van der Waals surface area contributed by atoms with Crippen molar-refractivity contribution in [1.29, 1.82) is 0 Å². The highest BCUT2D eigenvalue weighted by atomic mass is 16.5. The van der Waals surface area contributed by atoms with Crippen LogP contribution >= 0.6 is 0 Å². The third-order valence-corrected chi connectivity index (χ3v) is 1.74. The van der Waals surface area contributed by atoms with Crippen molar-refractivity contribution in [3.05, 3.63) is 24.0 Å². The van der Waals surface area contributed by atoms with E-state index >= 15 is 0 Å². The fourth-order valence-corrected chi connectivity index (χ4v) is 1.16. The van der Waals surface area contributed by atoms with Gasteiger partial charge in [0.1, 0.15) is 11.3 Å². The van der Waals surface area contributed by atoms with Gasteiger partial charge < -0.3 is 14.7 Å². The number of H-pyrrole nitrogens is 2. The molecule has 0 amide bonds. The van der Waals surface area contributed by atoms with Crippen molar-refractivity contribution in [2.45, 2.75) is 0 Å². The molecule has 2 aromatic rings. The Morgan fingerprint density at radius 3 is 3.08 bits per heavy atom. The lowest BCUT2D eigenvalue weighted by Gasteiger charge is -1.91. The minimum atomic E-state index is -0.348. The molecule has 2 heterocycles. The van der Waals surface area contributed by atoms with Crippen molar-refractivity contribution in [3.8, 4) is 0 Å². The largest absolute Gasteiger partial charge is 0.464 e. The third-order valence-electron chi connectivity index (χ3n) is 1.74. The monoisotopic (exact) mass is 164 g/mol. The summed E-state index contributed by atoms with van der Waals surface area (Å²) in [7, 11) is 1.36. The van der Waals surface area contributed by atoms with Crippen molar-refractivity contribution in [3.63, 3.8) is 0 Å². The quantitative estimate of drug-likeness (QED) is 0.624. The van der Waals surface area contributed by atoms with Gasteiger partial charge in [-0.15, -0.1) is 0 Å². The summed E-state index contributed by atoms with van der Waals surface area (Å²) in [6, 6.07) is 3.63. The average molecular weight is 164 g/mol. The van der Waals surface area contributed by atoms with Crippen LogP contribution in [0.5, 0.6) is 0 Å². The minimum Gasteiger partial charge on any atom is -0.464 e. The topological polar surface area (TPSA) is 57.9 Å². The Bertz CT molecular complexity index is 385. The molecule has 0 atom stereocenters. The Morgan fingerprint density at radius 1 is 1.58 bits per heavy atom. The van der Waals surface area contributed by atoms with Gasteiger partial charge in [0.2, 0.25) is 0 Å². The van der Waals surface area contributed by atoms with Crippen molar-refractivity contribution in [2.24, 2.45) is 0 Å². The zero-order valence-corrected chi connectivity index (χ0v) is 6.55. The summed E-state index contributed by atoms with van der Waals surface area (Å²) >= 11 is 0.